The van der Waals surface area contributed by atoms with Crippen LogP contribution in [0.3, 0.4) is 0 Å². The van der Waals surface area contributed by atoms with Crippen molar-refractivity contribution in [2.75, 3.05) is 29.7 Å². The van der Waals surface area contributed by atoms with Crippen LogP contribution in [0.25, 0.3) is 0 Å². The second-order valence-electron chi connectivity index (χ2n) is 4.35. The van der Waals surface area contributed by atoms with Gasteiger partial charge in [0.1, 0.15) is 0 Å². The van der Waals surface area contributed by atoms with Crippen LogP contribution in [0.5, 0.6) is 0 Å². The van der Waals surface area contributed by atoms with Crippen LogP contribution in [0.15, 0.2) is 36.4 Å². The molecular weight excluding hydrogens is 256 g/mol. The number of hydrazine groups is 1. The minimum Gasteiger partial charge on any atom is -0.378 e. The average molecular weight is 272 g/mol. The first kappa shape index (κ1) is 13.8. The second kappa shape index (κ2) is 5.98. The number of aromatic nitrogens is 2. The maximum Gasteiger partial charge on any atom is 0.276 e. The van der Waals surface area contributed by atoms with Gasteiger partial charge in [0, 0.05) is 25.5 Å². The molecular formula is C13H16N6O. The van der Waals surface area contributed by atoms with Gasteiger partial charge < -0.3 is 15.6 Å². The summed E-state index contributed by atoms with van der Waals surface area (Å²) < 4.78 is 0. The molecule has 0 bridgehead atoms. The topological polar surface area (TPSA) is 96.2 Å². The van der Waals surface area contributed by atoms with Crippen LogP contribution in [-0.4, -0.2) is 30.2 Å². The van der Waals surface area contributed by atoms with Crippen molar-refractivity contribution in [3.63, 3.8) is 0 Å². The molecule has 1 aromatic carbocycles. The van der Waals surface area contributed by atoms with Gasteiger partial charge in [0.05, 0.1) is 0 Å². The number of carbonyl (C=O) groups excluding carboxylic acids is 1. The molecule has 0 unspecified atom stereocenters. The highest BCUT2D eigenvalue weighted by molar-refractivity contribution is 6.03. The van der Waals surface area contributed by atoms with Crippen LogP contribution in [0.4, 0.5) is 17.2 Å². The second-order valence-corrected chi connectivity index (χ2v) is 4.35. The van der Waals surface area contributed by atoms with Crippen molar-refractivity contribution < 1.29 is 4.79 Å². The molecule has 4 N–H and O–H groups in total. The highest BCUT2D eigenvalue weighted by Crippen LogP contribution is 2.17. The zero-order valence-electron chi connectivity index (χ0n) is 11.3. The number of nitrogens with one attached hydrogen (secondary N) is 2. The van der Waals surface area contributed by atoms with E-state index in [2.05, 4.69) is 20.9 Å². The Kier molecular flexibility index (Phi) is 4.11. The lowest BCUT2D eigenvalue weighted by Gasteiger charge is -2.13. The third-order valence-electron chi connectivity index (χ3n) is 2.67. The number of hydrogen-bond acceptors (Lipinski definition) is 6. The van der Waals surface area contributed by atoms with Gasteiger partial charge in [0.15, 0.2) is 11.5 Å². The Bertz CT molecular complexity index is 596. The smallest absolute Gasteiger partial charge is 0.276 e. The first-order valence-electron chi connectivity index (χ1n) is 5.99. The van der Waals surface area contributed by atoms with Gasteiger partial charge in [0.25, 0.3) is 5.91 Å². The summed E-state index contributed by atoms with van der Waals surface area (Å²) in [7, 11) is 3.87. The fourth-order valence-corrected chi connectivity index (χ4v) is 1.59. The van der Waals surface area contributed by atoms with Crippen LogP contribution in [0.1, 0.15) is 10.5 Å². The minimum atomic E-state index is -0.322. The van der Waals surface area contributed by atoms with E-state index in [1.807, 2.05) is 43.3 Å². The number of carbonyl (C=O) groups is 1. The molecule has 7 nitrogen and oxygen atoms in total. The SMILES string of the molecule is CN(C)c1cccc(NC(=O)c2ccc(NN)nn2)c1. The summed E-state index contributed by atoms with van der Waals surface area (Å²) >= 11 is 0. The molecule has 0 aliphatic heterocycles. The highest BCUT2D eigenvalue weighted by atomic mass is 16.1. The maximum absolute atomic E-state index is 12.0. The third kappa shape index (κ3) is 3.21. The van der Waals surface area contributed by atoms with Crippen LogP contribution >= 0.6 is 0 Å². The number of nitrogens with two attached hydrogens (primary N) is 1. The Morgan fingerprint density at radius 3 is 2.60 bits per heavy atom. The van der Waals surface area contributed by atoms with E-state index in [0.717, 1.165) is 5.69 Å². The van der Waals surface area contributed by atoms with Crippen molar-refractivity contribution in [3.8, 4) is 0 Å². The third-order valence-corrected chi connectivity index (χ3v) is 2.67. The lowest BCUT2D eigenvalue weighted by atomic mass is 10.2. The van der Waals surface area contributed by atoms with E-state index in [1.54, 1.807) is 12.1 Å². The van der Waals surface area contributed by atoms with E-state index in [1.165, 1.54) is 0 Å². The number of nitrogens with zero attached hydrogens (tertiary/aromatic N) is 3. The minimum absolute atomic E-state index is 0.222. The Morgan fingerprint density at radius 1 is 1.20 bits per heavy atom. The first-order chi connectivity index (χ1) is 9.60. The van der Waals surface area contributed by atoms with Gasteiger partial charge in [-0.2, -0.15) is 0 Å². The molecule has 1 heterocycles. The van der Waals surface area contributed by atoms with Gasteiger partial charge in [-0.25, -0.2) is 5.84 Å². The molecule has 1 aromatic heterocycles. The lowest BCUT2D eigenvalue weighted by molar-refractivity contribution is 0.102. The molecule has 0 fully saturated rings. The van der Waals surface area contributed by atoms with E-state index >= 15 is 0 Å². The van der Waals surface area contributed by atoms with Gasteiger partial charge in [-0.15, -0.1) is 10.2 Å². The summed E-state index contributed by atoms with van der Waals surface area (Å²) in [5.74, 6) is 5.26. The number of rotatable bonds is 4. The fraction of sp³-hybridized carbons (Fsp3) is 0.154. The molecule has 0 radical (unpaired) electrons. The Balaban J connectivity index is 2.12. The maximum atomic E-state index is 12.0. The number of amides is 1. The number of nitrogen functional groups attached to an aromatic ring is 1. The van der Waals surface area contributed by atoms with E-state index < -0.39 is 0 Å². The largest absolute Gasteiger partial charge is 0.378 e. The molecule has 0 saturated heterocycles. The summed E-state index contributed by atoms with van der Waals surface area (Å²) in [5.41, 5.74) is 4.27. The Hall–Kier alpha value is -2.67. The quantitative estimate of drug-likeness (QED) is 0.569. The molecule has 1 amide bonds. The van der Waals surface area contributed by atoms with Crippen molar-refractivity contribution >= 4 is 23.1 Å². The molecule has 0 saturated carbocycles. The normalized spacial score (nSPS) is 9.95. The summed E-state index contributed by atoms with van der Waals surface area (Å²) in [6, 6.07) is 10.6. The molecule has 0 aliphatic carbocycles. The number of benzene rings is 1. The van der Waals surface area contributed by atoms with Crippen LogP contribution in [0, 0.1) is 0 Å². The van der Waals surface area contributed by atoms with Gasteiger partial charge in [0.2, 0.25) is 0 Å². The van der Waals surface area contributed by atoms with Gasteiger partial charge >= 0.3 is 0 Å². The summed E-state index contributed by atoms with van der Waals surface area (Å²) in [5, 5.41) is 10.3. The zero-order chi connectivity index (χ0) is 14.5. The fourth-order valence-electron chi connectivity index (χ4n) is 1.59. The molecule has 7 heteroatoms. The number of hydrogen-bond donors (Lipinski definition) is 3. The molecule has 0 aliphatic rings. The van der Waals surface area contributed by atoms with Crippen molar-refractivity contribution in [1.82, 2.24) is 10.2 Å². The van der Waals surface area contributed by atoms with E-state index in [-0.39, 0.29) is 11.6 Å². The van der Waals surface area contributed by atoms with Gasteiger partial charge in [-0.05, 0) is 30.3 Å². The molecule has 0 spiro atoms. The van der Waals surface area contributed by atoms with Crippen molar-refractivity contribution in [2.45, 2.75) is 0 Å². The summed E-state index contributed by atoms with van der Waals surface area (Å²) in [4.78, 5) is 14.0. The Morgan fingerprint density at radius 2 is 2.00 bits per heavy atom. The van der Waals surface area contributed by atoms with Crippen LogP contribution in [0.2, 0.25) is 0 Å². The molecule has 2 aromatic rings. The molecule has 20 heavy (non-hydrogen) atoms. The van der Waals surface area contributed by atoms with E-state index in [9.17, 15) is 4.79 Å². The first-order valence-corrected chi connectivity index (χ1v) is 5.99. The summed E-state index contributed by atoms with van der Waals surface area (Å²) in [6.07, 6.45) is 0. The van der Waals surface area contributed by atoms with Crippen molar-refractivity contribution in [3.05, 3.63) is 42.1 Å². The predicted octanol–water partition coefficient (Wildman–Crippen LogP) is 1.08. The van der Waals surface area contributed by atoms with E-state index in [4.69, 9.17) is 5.84 Å². The average Bonchev–Trinajstić information content (AvgIpc) is 2.47. The zero-order valence-corrected chi connectivity index (χ0v) is 11.3. The highest BCUT2D eigenvalue weighted by Gasteiger charge is 2.09. The monoisotopic (exact) mass is 272 g/mol. The molecule has 104 valence electrons. The van der Waals surface area contributed by atoms with E-state index in [0.29, 0.717) is 11.5 Å². The van der Waals surface area contributed by atoms with Crippen molar-refractivity contribution in [2.24, 2.45) is 5.84 Å². The predicted molar refractivity (Wildman–Crippen MR) is 78.6 cm³/mol. The summed E-state index contributed by atoms with van der Waals surface area (Å²) in [6.45, 7) is 0. The number of anilines is 3. The van der Waals surface area contributed by atoms with Gasteiger partial charge in [-0.1, -0.05) is 6.07 Å². The lowest BCUT2D eigenvalue weighted by Crippen LogP contribution is -2.16. The molecule has 0 atom stereocenters. The van der Waals surface area contributed by atoms with Crippen LogP contribution in [-0.2, 0) is 0 Å². The van der Waals surface area contributed by atoms with Crippen LogP contribution < -0.4 is 21.5 Å². The molecule has 2 rings (SSSR count). The Labute approximate surface area is 116 Å². The standard InChI is InChI=1S/C13H16N6O/c1-19(2)10-5-3-4-9(8-10)15-13(20)11-6-7-12(16-14)18-17-11/h3-8H,14H2,1-2H3,(H,15,20)(H,16,18). The van der Waals surface area contributed by atoms with Gasteiger partial charge in [-0.3, -0.25) is 4.79 Å². The van der Waals surface area contributed by atoms with Crippen molar-refractivity contribution in [1.29, 1.82) is 0 Å².